The summed E-state index contributed by atoms with van der Waals surface area (Å²) >= 11 is 0. The Bertz CT molecular complexity index is 581. The first-order valence-corrected chi connectivity index (χ1v) is 9.82. The van der Waals surface area contributed by atoms with Crippen molar-refractivity contribution in [3.8, 4) is 5.75 Å². The zero-order chi connectivity index (χ0) is 17.6. The molecule has 2 aliphatic heterocycles. The Morgan fingerprint density at radius 2 is 1.88 bits per heavy atom. The Hall–Kier alpha value is -1.55. The first-order valence-electron chi connectivity index (χ1n) is 9.82. The number of benzene rings is 1. The van der Waals surface area contributed by atoms with Gasteiger partial charge in [-0.1, -0.05) is 18.6 Å². The maximum absolute atomic E-state index is 13.0. The summed E-state index contributed by atoms with van der Waals surface area (Å²) in [6.07, 6.45) is 8.04. The maximum Gasteiger partial charge on any atom is 0.227 e. The molecule has 0 aromatic heterocycles. The van der Waals surface area contributed by atoms with E-state index in [4.69, 9.17) is 4.74 Å². The van der Waals surface area contributed by atoms with Gasteiger partial charge in [-0.05, 0) is 69.3 Å². The zero-order valence-electron chi connectivity index (χ0n) is 15.8. The van der Waals surface area contributed by atoms with E-state index in [0.29, 0.717) is 12.5 Å². The number of piperidine rings is 2. The topological polar surface area (TPSA) is 32.8 Å². The van der Waals surface area contributed by atoms with Crippen LogP contribution >= 0.6 is 0 Å². The third-order valence-electron chi connectivity index (χ3n) is 5.68. The molecule has 1 atom stereocenters. The monoisotopic (exact) mass is 344 g/mol. The highest BCUT2D eigenvalue weighted by atomic mass is 16.5. The first kappa shape index (κ1) is 18.2. The molecule has 2 fully saturated rings. The van der Waals surface area contributed by atoms with Crippen molar-refractivity contribution < 1.29 is 9.53 Å². The summed E-state index contributed by atoms with van der Waals surface area (Å²) < 4.78 is 5.32. The number of carbonyl (C=O) groups is 1. The number of carbonyl (C=O) groups excluding carboxylic acids is 1. The van der Waals surface area contributed by atoms with Crippen LogP contribution in [0.25, 0.3) is 0 Å². The number of amides is 1. The fourth-order valence-corrected chi connectivity index (χ4v) is 4.29. The quantitative estimate of drug-likeness (QED) is 0.820. The van der Waals surface area contributed by atoms with Gasteiger partial charge in [0.25, 0.3) is 0 Å². The zero-order valence-corrected chi connectivity index (χ0v) is 15.8. The molecule has 1 aromatic rings. The van der Waals surface area contributed by atoms with E-state index >= 15 is 0 Å². The van der Waals surface area contributed by atoms with Gasteiger partial charge < -0.3 is 14.5 Å². The minimum absolute atomic E-state index is 0.284. The van der Waals surface area contributed by atoms with Gasteiger partial charge in [0, 0.05) is 19.1 Å². The SMILES string of the molecule is COc1ccc(CC(=O)N2CCCCC2CN2CCCCC2)cc1C. The minimum atomic E-state index is 0.284. The number of rotatable bonds is 5. The van der Waals surface area contributed by atoms with Crippen molar-refractivity contribution in [1.82, 2.24) is 9.80 Å². The molecule has 138 valence electrons. The van der Waals surface area contributed by atoms with Crippen molar-refractivity contribution in [3.63, 3.8) is 0 Å². The van der Waals surface area contributed by atoms with Crippen molar-refractivity contribution >= 4 is 5.91 Å². The van der Waals surface area contributed by atoms with E-state index in [1.807, 2.05) is 19.1 Å². The molecule has 0 saturated carbocycles. The van der Waals surface area contributed by atoms with Crippen LogP contribution in [0.4, 0.5) is 0 Å². The number of ether oxygens (including phenoxy) is 1. The molecule has 1 aromatic carbocycles. The Labute approximate surface area is 152 Å². The molecule has 0 bridgehead atoms. The van der Waals surface area contributed by atoms with Gasteiger partial charge in [0.1, 0.15) is 5.75 Å². The molecule has 0 aliphatic carbocycles. The summed E-state index contributed by atoms with van der Waals surface area (Å²) in [6.45, 7) is 6.43. The fraction of sp³-hybridized carbons (Fsp3) is 0.667. The van der Waals surface area contributed by atoms with Crippen molar-refractivity contribution in [2.45, 2.75) is 57.9 Å². The molecular weight excluding hydrogens is 312 g/mol. The summed E-state index contributed by atoms with van der Waals surface area (Å²) in [5, 5.41) is 0. The molecule has 0 radical (unpaired) electrons. The third-order valence-corrected chi connectivity index (χ3v) is 5.68. The molecule has 2 aliphatic rings. The van der Waals surface area contributed by atoms with Crippen LogP contribution in [0.3, 0.4) is 0 Å². The van der Waals surface area contributed by atoms with E-state index in [0.717, 1.165) is 42.8 Å². The van der Waals surface area contributed by atoms with E-state index in [-0.39, 0.29) is 5.91 Å². The Kier molecular flexibility index (Phi) is 6.35. The third kappa shape index (κ3) is 4.75. The van der Waals surface area contributed by atoms with Gasteiger partial charge in [-0.3, -0.25) is 4.79 Å². The number of methoxy groups -OCH3 is 1. The number of hydrogen-bond donors (Lipinski definition) is 0. The molecule has 2 saturated heterocycles. The van der Waals surface area contributed by atoms with E-state index in [1.54, 1.807) is 7.11 Å². The predicted octanol–water partition coefficient (Wildman–Crippen LogP) is 3.41. The van der Waals surface area contributed by atoms with Crippen molar-refractivity contribution in [2.24, 2.45) is 0 Å². The van der Waals surface area contributed by atoms with Gasteiger partial charge in [-0.15, -0.1) is 0 Å². The van der Waals surface area contributed by atoms with Gasteiger partial charge in [0.2, 0.25) is 5.91 Å². The van der Waals surface area contributed by atoms with Gasteiger partial charge in [-0.2, -0.15) is 0 Å². The van der Waals surface area contributed by atoms with E-state index < -0.39 is 0 Å². The lowest BCUT2D eigenvalue weighted by Crippen LogP contribution is -2.50. The van der Waals surface area contributed by atoms with E-state index in [1.165, 1.54) is 38.8 Å². The number of aryl methyl sites for hydroxylation is 1. The smallest absolute Gasteiger partial charge is 0.227 e. The second-order valence-electron chi connectivity index (χ2n) is 7.58. The number of hydrogen-bond acceptors (Lipinski definition) is 3. The maximum atomic E-state index is 13.0. The van der Waals surface area contributed by atoms with Crippen LogP contribution in [-0.2, 0) is 11.2 Å². The predicted molar refractivity (Wildman–Crippen MR) is 101 cm³/mol. The van der Waals surface area contributed by atoms with E-state index in [2.05, 4.69) is 15.9 Å². The average Bonchev–Trinajstić information content (AvgIpc) is 2.63. The largest absolute Gasteiger partial charge is 0.496 e. The molecule has 1 amide bonds. The van der Waals surface area contributed by atoms with Crippen LogP contribution in [0.15, 0.2) is 18.2 Å². The summed E-state index contributed by atoms with van der Waals surface area (Å²) in [7, 11) is 1.69. The molecular formula is C21H32N2O2. The molecule has 4 heteroatoms. The summed E-state index contributed by atoms with van der Waals surface area (Å²) in [5.74, 6) is 1.17. The van der Waals surface area contributed by atoms with Crippen LogP contribution in [0.5, 0.6) is 5.75 Å². The van der Waals surface area contributed by atoms with Crippen LogP contribution in [-0.4, -0.2) is 55.0 Å². The molecule has 0 N–H and O–H groups in total. The lowest BCUT2D eigenvalue weighted by Gasteiger charge is -2.40. The average molecular weight is 344 g/mol. The molecule has 0 spiro atoms. The Morgan fingerprint density at radius 3 is 2.60 bits per heavy atom. The van der Waals surface area contributed by atoms with Crippen molar-refractivity contribution in [3.05, 3.63) is 29.3 Å². The van der Waals surface area contributed by atoms with Crippen molar-refractivity contribution in [2.75, 3.05) is 33.3 Å². The first-order chi connectivity index (χ1) is 12.2. The molecule has 2 heterocycles. The van der Waals surface area contributed by atoms with Gasteiger partial charge in [-0.25, -0.2) is 0 Å². The number of nitrogens with zero attached hydrogens (tertiary/aromatic N) is 2. The Morgan fingerprint density at radius 1 is 1.12 bits per heavy atom. The number of likely N-dealkylation sites (tertiary alicyclic amines) is 2. The summed E-state index contributed by atoms with van der Waals surface area (Å²) in [4.78, 5) is 17.7. The van der Waals surface area contributed by atoms with E-state index in [9.17, 15) is 4.79 Å². The second-order valence-corrected chi connectivity index (χ2v) is 7.58. The van der Waals surface area contributed by atoms with Crippen LogP contribution < -0.4 is 4.74 Å². The fourth-order valence-electron chi connectivity index (χ4n) is 4.29. The highest BCUT2D eigenvalue weighted by Crippen LogP contribution is 2.23. The molecule has 4 nitrogen and oxygen atoms in total. The standard InChI is InChI=1S/C21H32N2O2/c1-17-14-18(9-10-20(17)25-2)15-21(24)23-13-7-4-8-19(23)16-22-11-5-3-6-12-22/h9-10,14,19H,3-8,11-13,15-16H2,1-2H3. The summed E-state index contributed by atoms with van der Waals surface area (Å²) in [6, 6.07) is 6.48. The molecule has 1 unspecified atom stereocenters. The molecule has 25 heavy (non-hydrogen) atoms. The normalized spacial score (nSPS) is 22.0. The van der Waals surface area contributed by atoms with Gasteiger partial charge >= 0.3 is 0 Å². The van der Waals surface area contributed by atoms with Crippen LogP contribution in [0, 0.1) is 6.92 Å². The van der Waals surface area contributed by atoms with Crippen LogP contribution in [0.2, 0.25) is 0 Å². The van der Waals surface area contributed by atoms with Crippen molar-refractivity contribution in [1.29, 1.82) is 0 Å². The lowest BCUT2D eigenvalue weighted by atomic mass is 9.99. The molecule has 3 rings (SSSR count). The van der Waals surface area contributed by atoms with Gasteiger partial charge in [0.05, 0.1) is 13.5 Å². The van der Waals surface area contributed by atoms with Gasteiger partial charge in [0.15, 0.2) is 0 Å². The minimum Gasteiger partial charge on any atom is -0.496 e. The highest BCUT2D eigenvalue weighted by Gasteiger charge is 2.28. The van der Waals surface area contributed by atoms with Crippen LogP contribution in [0.1, 0.15) is 49.7 Å². The summed E-state index contributed by atoms with van der Waals surface area (Å²) in [5.41, 5.74) is 2.18. The Balaban J connectivity index is 1.62. The second kappa shape index (κ2) is 8.70. The highest BCUT2D eigenvalue weighted by molar-refractivity contribution is 5.79. The lowest BCUT2D eigenvalue weighted by molar-refractivity contribution is -0.134.